The number of nitrogens with one attached hydrogen (secondary N) is 1. The van der Waals surface area contributed by atoms with E-state index < -0.39 is 9.84 Å². The van der Waals surface area contributed by atoms with Crippen LogP contribution in [-0.2, 0) is 19.4 Å². The Labute approximate surface area is 195 Å². The summed E-state index contributed by atoms with van der Waals surface area (Å²) in [6.07, 6.45) is 13.5. The van der Waals surface area contributed by atoms with Crippen LogP contribution in [0, 0.1) is 17.8 Å². The number of rotatable bonds is 8. The van der Waals surface area contributed by atoms with E-state index in [0.29, 0.717) is 37.0 Å². The fourth-order valence-corrected chi connectivity index (χ4v) is 7.58. The van der Waals surface area contributed by atoms with Crippen LogP contribution < -0.4 is 5.32 Å². The SMILES string of the molecule is CCS(=O)(=O)C1CCC(CC(=O)NC2CCC(C(=O)N(C)CC3CCCCC3)CC2)CC1. The van der Waals surface area contributed by atoms with Crippen LogP contribution in [0.3, 0.4) is 0 Å². The van der Waals surface area contributed by atoms with Gasteiger partial charge in [0, 0.05) is 37.7 Å². The smallest absolute Gasteiger partial charge is 0.225 e. The normalized spacial score (nSPS) is 29.9. The number of hydrogen-bond donors (Lipinski definition) is 1. The Morgan fingerprint density at radius 1 is 0.844 bits per heavy atom. The van der Waals surface area contributed by atoms with Crippen molar-refractivity contribution in [2.45, 2.75) is 108 Å². The van der Waals surface area contributed by atoms with Crippen molar-refractivity contribution in [2.75, 3.05) is 19.3 Å². The molecular weight excluding hydrogens is 424 g/mol. The predicted octanol–water partition coefficient (Wildman–Crippen LogP) is 4.08. The zero-order valence-electron chi connectivity index (χ0n) is 20.2. The van der Waals surface area contributed by atoms with Gasteiger partial charge in [-0.15, -0.1) is 0 Å². The van der Waals surface area contributed by atoms with Gasteiger partial charge in [0.05, 0.1) is 5.25 Å². The molecule has 0 unspecified atom stereocenters. The van der Waals surface area contributed by atoms with Crippen molar-refractivity contribution in [1.29, 1.82) is 0 Å². The molecule has 32 heavy (non-hydrogen) atoms. The highest BCUT2D eigenvalue weighted by molar-refractivity contribution is 7.92. The largest absolute Gasteiger partial charge is 0.353 e. The first kappa shape index (κ1) is 25.5. The van der Waals surface area contributed by atoms with Gasteiger partial charge >= 0.3 is 0 Å². The number of hydrogen-bond acceptors (Lipinski definition) is 4. The first-order valence-electron chi connectivity index (χ1n) is 13.0. The number of carbonyl (C=O) groups excluding carboxylic acids is 2. The maximum atomic E-state index is 12.9. The van der Waals surface area contributed by atoms with Crippen molar-refractivity contribution in [3.05, 3.63) is 0 Å². The van der Waals surface area contributed by atoms with Gasteiger partial charge in [-0.1, -0.05) is 26.2 Å². The van der Waals surface area contributed by atoms with Crippen LogP contribution >= 0.6 is 0 Å². The van der Waals surface area contributed by atoms with Gasteiger partial charge in [-0.2, -0.15) is 0 Å². The first-order chi connectivity index (χ1) is 15.3. The third-order valence-corrected chi connectivity index (χ3v) is 10.5. The molecule has 2 amide bonds. The summed E-state index contributed by atoms with van der Waals surface area (Å²) in [5.41, 5.74) is 0. The summed E-state index contributed by atoms with van der Waals surface area (Å²) in [5.74, 6) is 1.67. The molecule has 7 heteroatoms. The fourth-order valence-electron chi connectivity index (χ4n) is 6.12. The number of sulfone groups is 1. The van der Waals surface area contributed by atoms with Gasteiger partial charge in [-0.25, -0.2) is 8.42 Å². The summed E-state index contributed by atoms with van der Waals surface area (Å²) in [5, 5.41) is 2.98. The van der Waals surface area contributed by atoms with Crippen molar-refractivity contribution in [3.63, 3.8) is 0 Å². The van der Waals surface area contributed by atoms with Gasteiger partial charge in [0.1, 0.15) is 0 Å². The zero-order valence-corrected chi connectivity index (χ0v) is 21.0. The van der Waals surface area contributed by atoms with Gasteiger partial charge in [0.25, 0.3) is 0 Å². The van der Waals surface area contributed by atoms with Crippen LogP contribution in [-0.4, -0.2) is 55.8 Å². The van der Waals surface area contributed by atoms with E-state index in [4.69, 9.17) is 0 Å². The molecule has 0 aromatic heterocycles. The lowest BCUT2D eigenvalue weighted by molar-refractivity contribution is -0.136. The van der Waals surface area contributed by atoms with Crippen molar-refractivity contribution >= 4 is 21.7 Å². The second-order valence-corrected chi connectivity index (χ2v) is 13.2. The van der Waals surface area contributed by atoms with Crippen LogP contribution in [0.15, 0.2) is 0 Å². The Bertz CT molecular complexity index is 716. The fraction of sp³-hybridized carbons (Fsp3) is 0.920. The molecular formula is C25H44N2O4S. The molecule has 0 aliphatic heterocycles. The van der Waals surface area contributed by atoms with E-state index in [1.807, 2.05) is 11.9 Å². The Hall–Kier alpha value is -1.11. The third kappa shape index (κ3) is 7.19. The predicted molar refractivity (Wildman–Crippen MR) is 128 cm³/mol. The summed E-state index contributed by atoms with van der Waals surface area (Å²) in [6, 6.07) is 0.173. The minimum absolute atomic E-state index is 0.0935. The molecule has 3 aliphatic carbocycles. The second kappa shape index (κ2) is 11.8. The Kier molecular flexibility index (Phi) is 9.44. The van der Waals surface area contributed by atoms with Crippen LogP contribution in [0.2, 0.25) is 0 Å². The van der Waals surface area contributed by atoms with E-state index in [1.165, 1.54) is 32.1 Å². The minimum Gasteiger partial charge on any atom is -0.353 e. The quantitative estimate of drug-likeness (QED) is 0.582. The zero-order chi connectivity index (χ0) is 23.1. The lowest BCUT2D eigenvalue weighted by Crippen LogP contribution is -2.43. The van der Waals surface area contributed by atoms with Gasteiger partial charge in [0.15, 0.2) is 9.84 Å². The molecule has 0 aromatic carbocycles. The summed E-state index contributed by atoms with van der Waals surface area (Å²) in [4.78, 5) is 27.4. The molecule has 6 nitrogen and oxygen atoms in total. The minimum atomic E-state index is -2.95. The Balaban J connectivity index is 1.34. The van der Waals surface area contributed by atoms with Crippen LogP contribution in [0.4, 0.5) is 0 Å². The van der Waals surface area contributed by atoms with E-state index in [-0.39, 0.29) is 28.9 Å². The van der Waals surface area contributed by atoms with Crippen molar-refractivity contribution in [1.82, 2.24) is 10.2 Å². The van der Waals surface area contributed by atoms with Gasteiger partial charge in [0.2, 0.25) is 11.8 Å². The van der Waals surface area contributed by atoms with E-state index in [9.17, 15) is 18.0 Å². The summed E-state index contributed by atoms with van der Waals surface area (Å²) in [7, 11) is -0.991. The molecule has 3 saturated carbocycles. The van der Waals surface area contributed by atoms with Gasteiger partial charge in [-0.05, 0) is 76.0 Å². The topological polar surface area (TPSA) is 83.5 Å². The molecule has 3 fully saturated rings. The maximum absolute atomic E-state index is 12.9. The molecule has 0 atom stereocenters. The highest BCUT2D eigenvalue weighted by Crippen LogP contribution is 2.32. The summed E-state index contributed by atoms with van der Waals surface area (Å²) >= 11 is 0. The standard InChI is InChI=1S/C25H44N2O4S/c1-3-32(30,31)23-15-9-19(10-16-23)17-24(28)26-22-13-11-21(12-14-22)25(29)27(2)18-20-7-5-4-6-8-20/h19-23H,3-18H2,1-2H3,(H,26,28). The van der Waals surface area contributed by atoms with E-state index in [2.05, 4.69) is 5.32 Å². The molecule has 0 aromatic rings. The average Bonchev–Trinajstić information content (AvgIpc) is 2.80. The number of nitrogens with zero attached hydrogens (tertiary/aromatic N) is 1. The molecule has 0 spiro atoms. The third-order valence-electron chi connectivity index (χ3n) is 8.25. The van der Waals surface area contributed by atoms with E-state index in [1.54, 1.807) is 6.92 Å². The van der Waals surface area contributed by atoms with Crippen LogP contribution in [0.5, 0.6) is 0 Å². The monoisotopic (exact) mass is 468 g/mol. The Morgan fingerprint density at radius 3 is 2.06 bits per heavy atom. The number of carbonyl (C=O) groups is 2. The average molecular weight is 469 g/mol. The van der Waals surface area contributed by atoms with Crippen molar-refractivity contribution < 1.29 is 18.0 Å². The van der Waals surface area contributed by atoms with E-state index in [0.717, 1.165) is 45.1 Å². The Morgan fingerprint density at radius 2 is 1.47 bits per heavy atom. The first-order valence-corrected chi connectivity index (χ1v) is 14.8. The highest BCUT2D eigenvalue weighted by Gasteiger charge is 2.32. The van der Waals surface area contributed by atoms with Gasteiger partial charge in [-0.3, -0.25) is 9.59 Å². The molecule has 0 radical (unpaired) electrons. The van der Waals surface area contributed by atoms with Crippen molar-refractivity contribution in [2.24, 2.45) is 17.8 Å². The number of amides is 2. The molecule has 3 aliphatic rings. The second-order valence-electron chi connectivity index (χ2n) is 10.6. The lowest BCUT2D eigenvalue weighted by atomic mass is 9.83. The summed E-state index contributed by atoms with van der Waals surface area (Å²) < 4.78 is 24.1. The van der Waals surface area contributed by atoms with Crippen molar-refractivity contribution in [3.8, 4) is 0 Å². The molecule has 1 N–H and O–H groups in total. The molecule has 3 rings (SSSR count). The summed E-state index contributed by atoms with van der Waals surface area (Å²) in [6.45, 7) is 2.61. The highest BCUT2D eigenvalue weighted by atomic mass is 32.2. The molecule has 184 valence electrons. The van der Waals surface area contributed by atoms with Crippen LogP contribution in [0.25, 0.3) is 0 Å². The van der Waals surface area contributed by atoms with E-state index >= 15 is 0 Å². The van der Waals surface area contributed by atoms with Gasteiger partial charge < -0.3 is 10.2 Å². The maximum Gasteiger partial charge on any atom is 0.225 e. The molecule has 0 bridgehead atoms. The van der Waals surface area contributed by atoms with Crippen LogP contribution in [0.1, 0.15) is 96.8 Å². The molecule has 0 heterocycles. The molecule has 0 saturated heterocycles. The lowest BCUT2D eigenvalue weighted by Gasteiger charge is -2.33.